The highest BCUT2D eigenvalue weighted by Crippen LogP contribution is 2.32. The van der Waals surface area contributed by atoms with Crippen molar-refractivity contribution in [1.29, 1.82) is 0 Å². The maximum Gasteiger partial charge on any atom is 0.306 e. The van der Waals surface area contributed by atoms with E-state index in [0.717, 1.165) is 36.7 Å². The van der Waals surface area contributed by atoms with Gasteiger partial charge in [-0.05, 0) is 29.1 Å². The number of esters is 1. The minimum absolute atomic E-state index is 0.0205. The summed E-state index contributed by atoms with van der Waals surface area (Å²) in [6.45, 7) is 3.39. The van der Waals surface area contributed by atoms with Crippen LogP contribution in [0.15, 0.2) is 35.7 Å². The summed E-state index contributed by atoms with van der Waals surface area (Å²) in [5.74, 6) is 0.715. The standard InChI is InChI=1S/C22H24N2O6S/c25-17(20-2-1-11-31-20)4-6-22(27)28-14-21(26)24-9-7-23(8-10-24)13-16-3-5-18-19(12-16)30-15-29-18/h1-3,5,11-12H,4,6-10,13-15H2. The molecule has 31 heavy (non-hydrogen) atoms. The lowest BCUT2D eigenvalue weighted by Crippen LogP contribution is -2.49. The molecule has 3 heterocycles. The second kappa shape index (κ2) is 9.93. The molecule has 2 aliphatic rings. The first-order chi connectivity index (χ1) is 15.1. The molecule has 1 amide bonds. The summed E-state index contributed by atoms with van der Waals surface area (Å²) in [7, 11) is 0. The Kier molecular flexibility index (Phi) is 6.83. The van der Waals surface area contributed by atoms with Gasteiger partial charge in [-0.2, -0.15) is 0 Å². The summed E-state index contributed by atoms with van der Waals surface area (Å²) in [5, 5.41) is 1.82. The number of piperazine rings is 1. The second-order valence-corrected chi connectivity index (χ2v) is 8.35. The number of hydrogen-bond donors (Lipinski definition) is 0. The van der Waals surface area contributed by atoms with Crippen molar-refractivity contribution in [2.45, 2.75) is 19.4 Å². The molecule has 1 fully saturated rings. The van der Waals surface area contributed by atoms with Crippen LogP contribution in [-0.2, 0) is 20.9 Å². The first-order valence-corrected chi connectivity index (χ1v) is 11.1. The summed E-state index contributed by atoms with van der Waals surface area (Å²) in [6.07, 6.45) is 0.0688. The number of nitrogens with zero attached hydrogens (tertiary/aromatic N) is 2. The Hall–Kier alpha value is -2.91. The zero-order chi connectivity index (χ0) is 21.6. The van der Waals surface area contributed by atoms with Crippen LogP contribution in [0, 0.1) is 0 Å². The number of fused-ring (bicyclic) bond motifs is 1. The van der Waals surface area contributed by atoms with Crippen molar-refractivity contribution in [2.75, 3.05) is 39.6 Å². The normalized spacial score (nSPS) is 15.7. The second-order valence-electron chi connectivity index (χ2n) is 7.41. The fourth-order valence-corrected chi connectivity index (χ4v) is 4.23. The lowest BCUT2D eigenvalue weighted by atomic mass is 10.1. The van der Waals surface area contributed by atoms with Gasteiger partial charge in [0.05, 0.1) is 11.3 Å². The Bertz CT molecular complexity index is 937. The van der Waals surface area contributed by atoms with E-state index in [1.54, 1.807) is 17.0 Å². The van der Waals surface area contributed by atoms with Crippen LogP contribution in [0.5, 0.6) is 11.5 Å². The molecule has 0 radical (unpaired) electrons. The number of amides is 1. The van der Waals surface area contributed by atoms with Crippen LogP contribution in [0.2, 0.25) is 0 Å². The van der Waals surface area contributed by atoms with E-state index in [1.807, 2.05) is 23.6 Å². The fourth-order valence-electron chi connectivity index (χ4n) is 3.53. The molecule has 0 unspecified atom stereocenters. The van der Waals surface area contributed by atoms with Gasteiger partial charge < -0.3 is 19.1 Å². The Morgan fingerprint density at radius 2 is 1.81 bits per heavy atom. The summed E-state index contributed by atoms with van der Waals surface area (Å²) >= 11 is 1.35. The highest BCUT2D eigenvalue weighted by molar-refractivity contribution is 7.12. The van der Waals surface area contributed by atoms with Crippen molar-refractivity contribution < 1.29 is 28.6 Å². The van der Waals surface area contributed by atoms with E-state index in [4.69, 9.17) is 14.2 Å². The molecule has 0 bridgehead atoms. The minimum atomic E-state index is -0.528. The SMILES string of the molecule is O=C(CCC(=O)c1cccs1)OCC(=O)N1CCN(Cc2ccc3c(c2)OCO3)CC1. The van der Waals surface area contributed by atoms with Crippen LogP contribution < -0.4 is 9.47 Å². The van der Waals surface area contributed by atoms with E-state index < -0.39 is 5.97 Å². The first-order valence-electron chi connectivity index (χ1n) is 10.2. The number of rotatable bonds is 8. The van der Waals surface area contributed by atoms with Crippen LogP contribution in [0.4, 0.5) is 0 Å². The van der Waals surface area contributed by atoms with Gasteiger partial charge in [0.1, 0.15) is 0 Å². The predicted molar refractivity (Wildman–Crippen MR) is 113 cm³/mol. The molecule has 8 nitrogen and oxygen atoms in total. The van der Waals surface area contributed by atoms with Gasteiger partial charge in [-0.15, -0.1) is 11.3 Å². The molecular weight excluding hydrogens is 420 g/mol. The molecule has 0 saturated carbocycles. The van der Waals surface area contributed by atoms with Crippen molar-refractivity contribution in [1.82, 2.24) is 9.80 Å². The van der Waals surface area contributed by atoms with Gasteiger partial charge in [-0.25, -0.2) is 0 Å². The number of ether oxygens (including phenoxy) is 3. The molecule has 2 aromatic rings. The molecule has 2 aliphatic heterocycles. The lowest BCUT2D eigenvalue weighted by Gasteiger charge is -2.34. The zero-order valence-electron chi connectivity index (χ0n) is 17.1. The maximum absolute atomic E-state index is 12.4. The summed E-state index contributed by atoms with van der Waals surface area (Å²) in [4.78, 5) is 40.8. The molecule has 0 aliphatic carbocycles. The number of hydrogen-bond acceptors (Lipinski definition) is 8. The van der Waals surface area contributed by atoms with Crippen molar-refractivity contribution in [3.05, 3.63) is 46.2 Å². The number of ketones is 1. The molecule has 0 atom stereocenters. The molecule has 9 heteroatoms. The van der Waals surface area contributed by atoms with Gasteiger partial charge in [-0.3, -0.25) is 19.3 Å². The summed E-state index contributed by atoms with van der Waals surface area (Å²) < 4.78 is 15.8. The van der Waals surface area contributed by atoms with Crippen molar-refractivity contribution in [3.8, 4) is 11.5 Å². The van der Waals surface area contributed by atoms with E-state index in [-0.39, 0.29) is 37.9 Å². The van der Waals surface area contributed by atoms with Crippen molar-refractivity contribution in [3.63, 3.8) is 0 Å². The van der Waals surface area contributed by atoms with E-state index in [1.165, 1.54) is 11.3 Å². The third-order valence-electron chi connectivity index (χ3n) is 5.28. The topological polar surface area (TPSA) is 85.4 Å². The minimum Gasteiger partial charge on any atom is -0.456 e. The fraction of sp³-hybridized carbons (Fsp3) is 0.409. The Morgan fingerprint density at radius 1 is 1.00 bits per heavy atom. The first kappa shape index (κ1) is 21.3. The van der Waals surface area contributed by atoms with Gasteiger partial charge in [-0.1, -0.05) is 12.1 Å². The predicted octanol–water partition coefficient (Wildman–Crippen LogP) is 2.33. The average Bonchev–Trinajstić information content (AvgIpc) is 3.48. The van der Waals surface area contributed by atoms with Gasteiger partial charge in [0.2, 0.25) is 6.79 Å². The Labute approximate surface area is 184 Å². The van der Waals surface area contributed by atoms with Gasteiger partial charge >= 0.3 is 5.97 Å². The number of benzene rings is 1. The molecule has 1 aromatic carbocycles. The van der Waals surface area contributed by atoms with Gasteiger partial charge in [0.25, 0.3) is 5.91 Å². The highest BCUT2D eigenvalue weighted by Gasteiger charge is 2.23. The van der Waals surface area contributed by atoms with Crippen molar-refractivity contribution >= 4 is 29.0 Å². The third-order valence-corrected chi connectivity index (χ3v) is 6.19. The molecule has 4 rings (SSSR count). The molecule has 0 N–H and O–H groups in total. The van der Waals surface area contributed by atoms with Crippen LogP contribution in [0.1, 0.15) is 28.1 Å². The van der Waals surface area contributed by atoms with Crippen molar-refractivity contribution in [2.24, 2.45) is 0 Å². The molecule has 0 spiro atoms. The number of carbonyl (C=O) groups is 3. The lowest BCUT2D eigenvalue weighted by molar-refractivity contribution is -0.152. The zero-order valence-corrected chi connectivity index (χ0v) is 17.9. The number of Topliss-reactive ketones (excluding diaryl/α,β-unsaturated/α-hetero) is 1. The van der Waals surface area contributed by atoms with Crippen LogP contribution in [-0.4, -0.2) is 67.0 Å². The molecule has 1 aromatic heterocycles. The molecule has 1 saturated heterocycles. The third kappa shape index (κ3) is 5.62. The maximum atomic E-state index is 12.4. The smallest absolute Gasteiger partial charge is 0.306 e. The Balaban J connectivity index is 1.15. The van der Waals surface area contributed by atoms with E-state index in [9.17, 15) is 14.4 Å². The largest absolute Gasteiger partial charge is 0.456 e. The van der Waals surface area contributed by atoms with Crippen LogP contribution >= 0.6 is 11.3 Å². The number of thiophene rings is 1. The summed E-state index contributed by atoms with van der Waals surface area (Å²) in [6, 6.07) is 9.45. The molecular formula is C22H24N2O6S. The highest BCUT2D eigenvalue weighted by atomic mass is 32.1. The van der Waals surface area contributed by atoms with Crippen LogP contribution in [0.3, 0.4) is 0 Å². The van der Waals surface area contributed by atoms with E-state index >= 15 is 0 Å². The quantitative estimate of drug-likeness (QED) is 0.456. The monoisotopic (exact) mass is 444 g/mol. The summed E-state index contributed by atoms with van der Waals surface area (Å²) in [5.41, 5.74) is 1.13. The number of carbonyl (C=O) groups excluding carboxylic acids is 3. The van der Waals surface area contributed by atoms with E-state index in [2.05, 4.69) is 4.90 Å². The molecule has 164 valence electrons. The van der Waals surface area contributed by atoms with E-state index in [0.29, 0.717) is 18.0 Å². The van der Waals surface area contributed by atoms with Crippen LogP contribution in [0.25, 0.3) is 0 Å². The Morgan fingerprint density at radius 3 is 2.58 bits per heavy atom. The average molecular weight is 445 g/mol. The van der Waals surface area contributed by atoms with Gasteiger partial charge in [0.15, 0.2) is 23.9 Å². The van der Waals surface area contributed by atoms with Gasteiger partial charge in [0, 0.05) is 39.1 Å².